The third-order valence-corrected chi connectivity index (χ3v) is 7.15. The molecule has 3 unspecified atom stereocenters. The molecule has 2 fully saturated rings. The van der Waals surface area contributed by atoms with E-state index in [-0.39, 0.29) is 12.3 Å². The minimum Gasteiger partial charge on any atom is -0.362 e. The zero-order valence-corrected chi connectivity index (χ0v) is 15.7. The van der Waals surface area contributed by atoms with Gasteiger partial charge in [0.1, 0.15) is 6.23 Å². The van der Waals surface area contributed by atoms with E-state index in [9.17, 15) is 8.42 Å². The van der Waals surface area contributed by atoms with Crippen LogP contribution in [0.2, 0.25) is 0 Å². The summed E-state index contributed by atoms with van der Waals surface area (Å²) in [5.41, 5.74) is 1.08. The van der Waals surface area contributed by atoms with Crippen molar-refractivity contribution in [3.63, 3.8) is 0 Å². The molecule has 2 N–H and O–H groups in total. The Hall–Kier alpha value is -0.600. The summed E-state index contributed by atoms with van der Waals surface area (Å²) in [6.07, 6.45) is 5.01. The predicted octanol–water partition coefficient (Wildman–Crippen LogP) is 1.95. The Morgan fingerprint density at radius 3 is 2.71 bits per heavy atom. The van der Waals surface area contributed by atoms with Gasteiger partial charge in [-0.15, -0.1) is 0 Å². The smallest absolute Gasteiger partial charge is 0.175 e. The van der Waals surface area contributed by atoms with Crippen LogP contribution in [0.15, 0.2) is 29.2 Å². The molecule has 0 aliphatic carbocycles. The van der Waals surface area contributed by atoms with Crippen molar-refractivity contribution in [3.05, 3.63) is 29.8 Å². The predicted molar refractivity (Wildman–Crippen MR) is 98.1 cm³/mol. The summed E-state index contributed by atoms with van der Waals surface area (Å²) in [7, 11) is -3.14. The van der Waals surface area contributed by atoms with Gasteiger partial charge in [-0.2, -0.15) is 11.8 Å². The molecular formula is C17H26N2O3S2. The molecule has 0 radical (unpaired) electrons. The molecule has 2 saturated heterocycles. The lowest BCUT2D eigenvalue weighted by molar-refractivity contribution is 0.00761. The standard InChI is InChI=1S/C17H26N2O3S2/c1-24(20,21)15-6-4-13(5-7-15)16-11-18-12-17(19-16)22-9-8-14-3-2-10-23-14/h4-7,14,16-19H,2-3,8-12H2,1H3. The molecule has 7 heteroatoms. The van der Waals surface area contributed by atoms with E-state index >= 15 is 0 Å². The second kappa shape index (κ2) is 8.19. The monoisotopic (exact) mass is 370 g/mol. The molecule has 0 saturated carbocycles. The van der Waals surface area contributed by atoms with Crippen LogP contribution in [0.1, 0.15) is 30.9 Å². The van der Waals surface area contributed by atoms with Gasteiger partial charge in [0.05, 0.1) is 4.90 Å². The number of ether oxygens (including phenoxy) is 1. The molecule has 0 spiro atoms. The lowest BCUT2D eigenvalue weighted by Crippen LogP contribution is -2.51. The lowest BCUT2D eigenvalue weighted by Gasteiger charge is -2.32. The fraction of sp³-hybridized carbons (Fsp3) is 0.647. The maximum absolute atomic E-state index is 11.6. The SMILES string of the molecule is CS(=O)(=O)c1ccc(C2CNCC(OCCC3CCCS3)N2)cc1. The van der Waals surface area contributed by atoms with Gasteiger partial charge in [0, 0.05) is 37.2 Å². The van der Waals surface area contributed by atoms with Crippen LogP contribution in [0.5, 0.6) is 0 Å². The average molecular weight is 371 g/mol. The maximum Gasteiger partial charge on any atom is 0.175 e. The maximum atomic E-state index is 11.6. The van der Waals surface area contributed by atoms with Crippen LogP contribution in [-0.2, 0) is 14.6 Å². The van der Waals surface area contributed by atoms with Crippen LogP contribution in [0.3, 0.4) is 0 Å². The lowest BCUT2D eigenvalue weighted by atomic mass is 10.1. The molecule has 5 nitrogen and oxygen atoms in total. The molecule has 0 aromatic heterocycles. The third kappa shape index (κ3) is 4.95. The molecule has 3 rings (SSSR count). The first-order valence-corrected chi connectivity index (χ1v) is 11.5. The van der Waals surface area contributed by atoms with Gasteiger partial charge in [-0.25, -0.2) is 8.42 Å². The average Bonchev–Trinajstić information content (AvgIpc) is 3.08. The normalized spacial score (nSPS) is 28.1. The molecule has 0 bridgehead atoms. The number of nitrogens with one attached hydrogen (secondary N) is 2. The molecule has 24 heavy (non-hydrogen) atoms. The van der Waals surface area contributed by atoms with E-state index in [2.05, 4.69) is 22.4 Å². The highest BCUT2D eigenvalue weighted by Crippen LogP contribution is 2.28. The molecule has 1 aromatic carbocycles. The van der Waals surface area contributed by atoms with Gasteiger partial charge in [0.15, 0.2) is 9.84 Å². The largest absolute Gasteiger partial charge is 0.362 e. The van der Waals surface area contributed by atoms with Crippen LogP contribution in [-0.4, -0.2) is 51.6 Å². The van der Waals surface area contributed by atoms with E-state index in [1.165, 1.54) is 24.9 Å². The molecule has 0 amide bonds. The first kappa shape index (κ1) is 18.2. The van der Waals surface area contributed by atoms with E-state index in [0.717, 1.165) is 36.9 Å². The Labute approximate surface area is 148 Å². The Bertz CT molecular complexity index is 628. The van der Waals surface area contributed by atoms with E-state index in [1.807, 2.05) is 12.1 Å². The van der Waals surface area contributed by atoms with Crippen LogP contribution in [0.25, 0.3) is 0 Å². The second-order valence-electron chi connectivity index (χ2n) is 6.50. The highest BCUT2D eigenvalue weighted by Gasteiger charge is 2.23. The summed E-state index contributed by atoms with van der Waals surface area (Å²) in [5.74, 6) is 1.29. The summed E-state index contributed by atoms with van der Waals surface area (Å²) in [5, 5.41) is 7.67. The van der Waals surface area contributed by atoms with E-state index in [1.54, 1.807) is 12.1 Å². The first-order chi connectivity index (χ1) is 11.5. The first-order valence-electron chi connectivity index (χ1n) is 8.52. The minimum absolute atomic E-state index is 0.00439. The zero-order valence-electron chi connectivity index (χ0n) is 14.0. The van der Waals surface area contributed by atoms with Crippen LogP contribution in [0.4, 0.5) is 0 Å². The summed E-state index contributed by atoms with van der Waals surface area (Å²) >= 11 is 2.06. The van der Waals surface area contributed by atoms with Gasteiger partial charge in [-0.05, 0) is 42.7 Å². The number of piperazine rings is 1. The van der Waals surface area contributed by atoms with Crippen molar-refractivity contribution in [3.8, 4) is 0 Å². The van der Waals surface area contributed by atoms with Gasteiger partial charge in [0.2, 0.25) is 0 Å². The van der Waals surface area contributed by atoms with Crippen molar-refractivity contribution < 1.29 is 13.2 Å². The van der Waals surface area contributed by atoms with Gasteiger partial charge in [-0.3, -0.25) is 5.32 Å². The minimum atomic E-state index is -3.14. The molecule has 2 heterocycles. The fourth-order valence-corrected chi connectivity index (χ4v) is 5.08. The van der Waals surface area contributed by atoms with Gasteiger partial charge < -0.3 is 10.1 Å². The van der Waals surface area contributed by atoms with Crippen molar-refractivity contribution in [1.29, 1.82) is 0 Å². The van der Waals surface area contributed by atoms with Crippen LogP contribution >= 0.6 is 11.8 Å². The van der Waals surface area contributed by atoms with Crippen LogP contribution < -0.4 is 10.6 Å². The Balaban J connectivity index is 1.51. The molecule has 1 aromatic rings. The number of benzene rings is 1. The second-order valence-corrected chi connectivity index (χ2v) is 9.93. The Morgan fingerprint density at radius 2 is 2.04 bits per heavy atom. The van der Waals surface area contributed by atoms with Gasteiger partial charge in [0.25, 0.3) is 0 Å². The number of rotatable bonds is 6. The number of sulfone groups is 1. The Morgan fingerprint density at radius 1 is 1.25 bits per heavy atom. The summed E-state index contributed by atoms with van der Waals surface area (Å²) in [6.45, 7) is 2.41. The molecule has 3 atom stereocenters. The van der Waals surface area contributed by atoms with E-state index < -0.39 is 9.84 Å². The topological polar surface area (TPSA) is 67.4 Å². The highest BCUT2D eigenvalue weighted by molar-refractivity contribution is 8.00. The molecule has 2 aliphatic heterocycles. The number of thioether (sulfide) groups is 1. The van der Waals surface area contributed by atoms with E-state index in [4.69, 9.17) is 4.74 Å². The third-order valence-electron chi connectivity index (χ3n) is 4.56. The van der Waals surface area contributed by atoms with Gasteiger partial charge >= 0.3 is 0 Å². The molecule has 134 valence electrons. The Kier molecular flexibility index (Phi) is 6.21. The quantitative estimate of drug-likeness (QED) is 0.798. The van der Waals surface area contributed by atoms with Crippen molar-refractivity contribution in [2.75, 3.05) is 31.7 Å². The van der Waals surface area contributed by atoms with E-state index in [0.29, 0.717) is 4.90 Å². The zero-order chi connectivity index (χ0) is 17.0. The van der Waals surface area contributed by atoms with Gasteiger partial charge in [-0.1, -0.05) is 12.1 Å². The van der Waals surface area contributed by atoms with Crippen molar-refractivity contribution in [2.45, 2.75) is 41.7 Å². The number of hydrogen-bond donors (Lipinski definition) is 2. The summed E-state index contributed by atoms with van der Waals surface area (Å²) in [4.78, 5) is 0.358. The van der Waals surface area contributed by atoms with Crippen molar-refractivity contribution in [1.82, 2.24) is 10.6 Å². The number of hydrogen-bond acceptors (Lipinski definition) is 6. The molecule has 2 aliphatic rings. The van der Waals surface area contributed by atoms with Crippen molar-refractivity contribution in [2.24, 2.45) is 0 Å². The van der Waals surface area contributed by atoms with Crippen molar-refractivity contribution >= 4 is 21.6 Å². The van der Waals surface area contributed by atoms with Crippen LogP contribution in [0, 0.1) is 0 Å². The summed E-state index contributed by atoms with van der Waals surface area (Å²) in [6, 6.07) is 7.25. The summed E-state index contributed by atoms with van der Waals surface area (Å²) < 4.78 is 29.1. The fourth-order valence-electron chi connectivity index (χ4n) is 3.18. The highest BCUT2D eigenvalue weighted by atomic mass is 32.2. The molecular weight excluding hydrogens is 344 g/mol.